The molecule has 0 unspecified atom stereocenters. The van der Waals surface area contributed by atoms with Gasteiger partial charge in [-0.1, -0.05) is 4.85 Å². The minimum atomic E-state index is -4.71. The predicted molar refractivity (Wildman–Crippen MR) is 49.3 cm³/mol. The molecule has 2 aromatic rings. The highest BCUT2D eigenvalue weighted by atomic mass is 19.4. The fourth-order valence-electron chi connectivity index (χ4n) is 1.21. The van der Waals surface area contributed by atoms with Gasteiger partial charge in [-0.25, -0.2) is 0 Å². The zero-order valence-electron chi connectivity index (χ0n) is 8.22. The van der Waals surface area contributed by atoms with E-state index < -0.39 is 6.36 Å². The molecular weight excluding hydrogens is 239 g/mol. The molecule has 1 aromatic heterocycles. The number of ether oxygens (including phenoxy) is 1. The van der Waals surface area contributed by atoms with Gasteiger partial charge in [-0.2, -0.15) is 0 Å². The van der Waals surface area contributed by atoms with Crippen molar-refractivity contribution in [2.24, 2.45) is 0 Å². The quantitative estimate of drug-likeness (QED) is 0.823. The Bertz CT molecular complexity index is 507. The fraction of sp³-hybridized carbons (Fsp3) is 0.111. The van der Waals surface area contributed by atoms with Gasteiger partial charge in [-0.15, -0.1) is 18.3 Å². The number of nitrogens with zero attached hydrogens (tertiary/aromatic N) is 3. The Balaban J connectivity index is 2.19. The molecule has 0 saturated carbocycles. The molecule has 90 valence electrons. The maximum absolute atomic E-state index is 11.9. The van der Waals surface area contributed by atoms with E-state index in [2.05, 4.69) is 15.0 Å². The summed E-state index contributed by atoms with van der Waals surface area (Å²) in [5, 5.41) is 15.8. The zero-order valence-corrected chi connectivity index (χ0v) is 8.22. The van der Waals surface area contributed by atoms with E-state index in [1.54, 1.807) is 0 Å². The molecule has 1 aromatic carbocycles. The van der Waals surface area contributed by atoms with Gasteiger partial charge in [0.15, 0.2) is 0 Å². The monoisotopic (exact) mass is 245 g/mol. The lowest BCUT2D eigenvalue weighted by molar-refractivity contribution is -0.274. The molecule has 0 saturated heterocycles. The summed E-state index contributed by atoms with van der Waals surface area (Å²) in [5.74, 6) is -0.322. The maximum atomic E-state index is 11.9. The average Bonchev–Trinajstić information content (AvgIpc) is 2.63. The van der Waals surface area contributed by atoms with Crippen molar-refractivity contribution in [1.29, 1.82) is 0 Å². The standard InChI is InChI=1S/C9H6F3N3O2/c10-9(11,12)17-7-3-1-6(2-4-7)8-5-15(16)14-13-8/h1-5,16H. The van der Waals surface area contributed by atoms with E-state index in [0.29, 0.717) is 16.1 Å². The highest BCUT2D eigenvalue weighted by Crippen LogP contribution is 2.25. The summed E-state index contributed by atoms with van der Waals surface area (Å²) < 4.78 is 39.4. The van der Waals surface area contributed by atoms with Crippen LogP contribution in [0.15, 0.2) is 30.5 Å². The van der Waals surface area contributed by atoms with Crippen LogP contribution in [0.4, 0.5) is 13.2 Å². The Kier molecular flexibility index (Phi) is 2.62. The van der Waals surface area contributed by atoms with Crippen LogP contribution in [0.1, 0.15) is 0 Å². The summed E-state index contributed by atoms with van der Waals surface area (Å²) in [4.78, 5) is 0.509. The molecule has 0 spiro atoms. The minimum Gasteiger partial charge on any atom is -0.410 e. The fourth-order valence-corrected chi connectivity index (χ4v) is 1.21. The lowest BCUT2D eigenvalue weighted by atomic mass is 10.2. The van der Waals surface area contributed by atoms with E-state index in [4.69, 9.17) is 5.21 Å². The van der Waals surface area contributed by atoms with Crippen molar-refractivity contribution in [1.82, 2.24) is 15.2 Å². The molecule has 0 amide bonds. The van der Waals surface area contributed by atoms with Crippen LogP contribution in [0.3, 0.4) is 0 Å². The largest absolute Gasteiger partial charge is 0.573 e. The molecule has 0 atom stereocenters. The number of benzene rings is 1. The van der Waals surface area contributed by atoms with Gasteiger partial charge in [-0.05, 0) is 29.5 Å². The number of halogens is 3. The first kappa shape index (κ1) is 11.2. The molecule has 8 heteroatoms. The van der Waals surface area contributed by atoms with Crippen LogP contribution in [-0.4, -0.2) is 26.7 Å². The second-order valence-corrected chi connectivity index (χ2v) is 3.10. The Labute approximate surface area is 93.0 Å². The average molecular weight is 245 g/mol. The smallest absolute Gasteiger partial charge is 0.410 e. The third kappa shape index (κ3) is 2.86. The topological polar surface area (TPSA) is 60.2 Å². The van der Waals surface area contributed by atoms with Crippen LogP contribution >= 0.6 is 0 Å². The van der Waals surface area contributed by atoms with E-state index >= 15 is 0 Å². The molecule has 0 bridgehead atoms. The van der Waals surface area contributed by atoms with E-state index in [-0.39, 0.29) is 5.75 Å². The molecule has 0 aliphatic rings. The SMILES string of the molecule is On1cc(-c2ccc(OC(F)(F)F)cc2)nn1. The van der Waals surface area contributed by atoms with E-state index in [9.17, 15) is 13.2 Å². The summed E-state index contributed by atoms with van der Waals surface area (Å²) >= 11 is 0. The predicted octanol–water partition coefficient (Wildman–Crippen LogP) is 2.08. The van der Waals surface area contributed by atoms with Crippen molar-refractivity contribution < 1.29 is 23.1 Å². The van der Waals surface area contributed by atoms with Crippen LogP contribution in [0.2, 0.25) is 0 Å². The van der Waals surface area contributed by atoms with Gasteiger partial charge in [-0.3, -0.25) is 0 Å². The highest BCUT2D eigenvalue weighted by molar-refractivity contribution is 5.58. The zero-order chi connectivity index (χ0) is 12.5. The molecule has 0 aliphatic heterocycles. The van der Waals surface area contributed by atoms with Crippen LogP contribution in [0.25, 0.3) is 11.3 Å². The molecule has 0 aliphatic carbocycles. The van der Waals surface area contributed by atoms with Crippen LogP contribution < -0.4 is 4.74 Å². The molecule has 0 radical (unpaired) electrons. The molecule has 2 rings (SSSR count). The van der Waals surface area contributed by atoms with Gasteiger partial charge in [0, 0.05) is 5.56 Å². The molecule has 17 heavy (non-hydrogen) atoms. The minimum absolute atomic E-state index is 0.322. The van der Waals surface area contributed by atoms with Crippen molar-refractivity contribution in [3.8, 4) is 17.0 Å². The van der Waals surface area contributed by atoms with E-state index in [1.165, 1.54) is 18.3 Å². The molecule has 1 heterocycles. The van der Waals surface area contributed by atoms with Crippen LogP contribution in [0, 0.1) is 0 Å². The third-order valence-corrected chi connectivity index (χ3v) is 1.87. The second-order valence-electron chi connectivity index (χ2n) is 3.10. The Hall–Kier alpha value is -2.25. The van der Waals surface area contributed by atoms with Crippen molar-refractivity contribution in [2.75, 3.05) is 0 Å². The number of rotatable bonds is 2. The number of alkyl halides is 3. The maximum Gasteiger partial charge on any atom is 0.573 e. The van der Waals surface area contributed by atoms with Gasteiger partial charge in [0.2, 0.25) is 0 Å². The summed E-state index contributed by atoms with van der Waals surface area (Å²) in [7, 11) is 0. The Morgan fingerprint density at radius 1 is 1.18 bits per heavy atom. The Morgan fingerprint density at radius 3 is 2.29 bits per heavy atom. The first-order valence-corrected chi connectivity index (χ1v) is 4.42. The second kappa shape index (κ2) is 3.96. The number of hydrogen-bond donors (Lipinski definition) is 1. The summed E-state index contributed by atoms with van der Waals surface area (Å²) in [6.45, 7) is 0. The number of aromatic nitrogens is 3. The van der Waals surface area contributed by atoms with Gasteiger partial charge in [0.1, 0.15) is 11.4 Å². The van der Waals surface area contributed by atoms with Crippen molar-refractivity contribution in [3.63, 3.8) is 0 Å². The lowest BCUT2D eigenvalue weighted by Gasteiger charge is -2.08. The summed E-state index contributed by atoms with van der Waals surface area (Å²) in [6.07, 6.45) is -3.49. The number of hydrogen-bond acceptors (Lipinski definition) is 4. The first-order chi connectivity index (χ1) is 7.94. The van der Waals surface area contributed by atoms with E-state index in [1.807, 2.05) is 0 Å². The van der Waals surface area contributed by atoms with Crippen molar-refractivity contribution in [3.05, 3.63) is 30.5 Å². The molecule has 5 nitrogen and oxygen atoms in total. The third-order valence-electron chi connectivity index (χ3n) is 1.87. The van der Waals surface area contributed by atoms with Gasteiger partial charge < -0.3 is 9.94 Å². The molecular formula is C9H6F3N3O2. The van der Waals surface area contributed by atoms with Gasteiger partial charge in [0.25, 0.3) is 0 Å². The van der Waals surface area contributed by atoms with Crippen molar-refractivity contribution >= 4 is 0 Å². The van der Waals surface area contributed by atoms with Gasteiger partial charge in [0.05, 0.1) is 6.20 Å². The summed E-state index contributed by atoms with van der Waals surface area (Å²) in [6, 6.07) is 5.06. The summed E-state index contributed by atoms with van der Waals surface area (Å²) in [5.41, 5.74) is 0.853. The molecule has 0 fully saturated rings. The van der Waals surface area contributed by atoms with E-state index in [0.717, 1.165) is 12.1 Å². The Morgan fingerprint density at radius 2 is 1.82 bits per heavy atom. The van der Waals surface area contributed by atoms with Crippen molar-refractivity contribution in [2.45, 2.75) is 6.36 Å². The van der Waals surface area contributed by atoms with Crippen LogP contribution in [0.5, 0.6) is 5.75 Å². The lowest BCUT2D eigenvalue weighted by Crippen LogP contribution is -2.16. The van der Waals surface area contributed by atoms with Crippen LogP contribution in [-0.2, 0) is 0 Å². The highest BCUT2D eigenvalue weighted by Gasteiger charge is 2.30. The normalized spacial score (nSPS) is 11.5. The first-order valence-electron chi connectivity index (χ1n) is 4.42. The molecule has 1 N–H and O–H groups in total. The van der Waals surface area contributed by atoms with Gasteiger partial charge >= 0.3 is 6.36 Å².